The van der Waals surface area contributed by atoms with E-state index in [0.717, 1.165) is 0 Å². The van der Waals surface area contributed by atoms with Crippen molar-refractivity contribution >= 4 is 0 Å². The molecular formula is C22H28O5. The van der Waals surface area contributed by atoms with Gasteiger partial charge in [-0.05, 0) is 47.0 Å². The molecule has 5 heteroatoms. The molecule has 3 N–H and O–H groups in total. The molecule has 4 rings (SSSR count). The number of hydrogen-bond donors (Lipinski definition) is 3. The van der Waals surface area contributed by atoms with Crippen molar-refractivity contribution in [2.75, 3.05) is 13.2 Å². The second kappa shape index (κ2) is 7.40. The van der Waals surface area contributed by atoms with Crippen LogP contribution in [0.25, 0.3) is 0 Å². The fourth-order valence-electron chi connectivity index (χ4n) is 4.84. The first-order valence-corrected chi connectivity index (χ1v) is 9.75. The van der Waals surface area contributed by atoms with Crippen LogP contribution in [0.2, 0.25) is 0 Å². The third-order valence-corrected chi connectivity index (χ3v) is 6.40. The average Bonchev–Trinajstić information content (AvgIpc) is 3.09. The first kappa shape index (κ1) is 18.7. The van der Waals surface area contributed by atoms with Crippen LogP contribution in [0, 0.1) is 23.7 Å². The number of aliphatic hydroxyl groups is 3. The maximum absolute atomic E-state index is 9.79. The average molecular weight is 372 g/mol. The molecule has 0 aromatic heterocycles. The molecule has 0 bridgehead atoms. The summed E-state index contributed by atoms with van der Waals surface area (Å²) in [6, 6.07) is 0. The lowest BCUT2D eigenvalue weighted by Gasteiger charge is -2.44. The van der Waals surface area contributed by atoms with Gasteiger partial charge >= 0.3 is 0 Å². The van der Waals surface area contributed by atoms with E-state index in [1.165, 1.54) is 11.1 Å². The quantitative estimate of drug-likeness (QED) is 0.687. The Morgan fingerprint density at radius 1 is 1.07 bits per heavy atom. The van der Waals surface area contributed by atoms with Crippen LogP contribution >= 0.6 is 0 Å². The van der Waals surface area contributed by atoms with Crippen LogP contribution in [0.4, 0.5) is 0 Å². The van der Waals surface area contributed by atoms with Crippen LogP contribution in [-0.2, 0) is 9.47 Å². The maximum Gasteiger partial charge on any atom is 0.117 e. The number of fused-ring (bicyclic) bond motifs is 3. The molecule has 5 nitrogen and oxygen atoms in total. The lowest BCUT2D eigenvalue weighted by atomic mass is 9.62. The Balaban J connectivity index is 1.52. The largest absolute Gasteiger partial charge is 0.491 e. The number of hydrogen-bond acceptors (Lipinski definition) is 5. The molecule has 1 fully saturated rings. The van der Waals surface area contributed by atoms with Gasteiger partial charge in [0, 0.05) is 0 Å². The smallest absolute Gasteiger partial charge is 0.117 e. The van der Waals surface area contributed by atoms with E-state index in [1.807, 2.05) is 12.2 Å². The molecule has 0 aromatic carbocycles. The third-order valence-electron chi connectivity index (χ3n) is 6.40. The Bertz CT molecular complexity index is 731. The highest BCUT2D eigenvalue weighted by Gasteiger charge is 2.49. The zero-order chi connectivity index (χ0) is 19.1. The van der Waals surface area contributed by atoms with E-state index in [9.17, 15) is 10.2 Å². The molecule has 1 saturated carbocycles. The highest BCUT2D eigenvalue weighted by molar-refractivity contribution is 5.46. The number of allylic oxidation sites excluding steroid dienone is 5. The summed E-state index contributed by atoms with van der Waals surface area (Å²) in [6.45, 7) is 3.98. The van der Waals surface area contributed by atoms with Crippen molar-refractivity contribution in [3.63, 3.8) is 0 Å². The molecule has 4 aliphatic rings. The molecule has 0 amide bonds. The van der Waals surface area contributed by atoms with Gasteiger partial charge in [0.1, 0.15) is 30.7 Å². The normalized spacial score (nSPS) is 38.8. The first-order chi connectivity index (χ1) is 13.0. The second-order valence-corrected chi connectivity index (χ2v) is 7.99. The van der Waals surface area contributed by atoms with Gasteiger partial charge in [-0.15, -0.1) is 0 Å². The zero-order valence-electron chi connectivity index (χ0n) is 15.7. The SMILES string of the molecule is CC1C2=C3C=CC=CC3OC2C(C)C2C=C(OC[C@@H](O)[C@H](O)CO)C=CC12. The van der Waals surface area contributed by atoms with Gasteiger partial charge in [0.25, 0.3) is 0 Å². The molecular weight excluding hydrogens is 344 g/mol. The third kappa shape index (κ3) is 3.23. The molecule has 146 valence electrons. The molecule has 0 saturated heterocycles. The summed E-state index contributed by atoms with van der Waals surface area (Å²) in [4.78, 5) is 0. The summed E-state index contributed by atoms with van der Waals surface area (Å²) >= 11 is 0. The van der Waals surface area contributed by atoms with Gasteiger partial charge in [-0.3, -0.25) is 0 Å². The predicted molar refractivity (Wildman–Crippen MR) is 102 cm³/mol. The van der Waals surface area contributed by atoms with Crippen LogP contribution in [0.1, 0.15) is 13.8 Å². The van der Waals surface area contributed by atoms with Crippen molar-refractivity contribution in [2.24, 2.45) is 23.7 Å². The number of ether oxygens (including phenoxy) is 2. The van der Waals surface area contributed by atoms with Gasteiger partial charge in [-0.2, -0.15) is 0 Å². The molecule has 6 unspecified atom stereocenters. The zero-order valence-corrected chi connectivity index (χ0v) is 15.7. The first-order valence-electron chi connectivity index (χ1n) is 9.75. The van der Waals surface area contributed by atoms with Crippen LogP contribution in [0.3, 0.4) is 0 Å². The van der Waals surface area contributed by atoms with Crippen LogP contribution in [0.15, 0.2) is 59.4 Å². The minimum absolute atomic E-state index is 0.0495. The van der Waals surface area contributed by atoms with Crippen molar-refractivity contribution in [1.29, 1.82) is 0 Å². The van der Waals surface area contributed by atoms with Crippen molar-refractivity contribution in [3.8, 4) is 0 Å². The Hall–Kier alpha value is -1.66. The fraction of sp³-hybridized carbons (Fsp3) is 0.545. The van der Waals surface area contributed by atoms with Crippen molar-refractivity contribution < 1.29 is 24.8 Å². The Morgan fingerprint density at radius 3 is 2.67 bits per heavy atom. The molecule has 1 aliphatic heterocycles. The van der Waals surface area contributed by atoms with E-state index in [4.69, 9.17) is 14.6 Å². The Labute approximate surface area is 160 Å². The van der Waals surface area contributed by atoms with Gasteiger partial charge in [0.2, 0.25) is 0 Å². The summed E-state index contributed by atoms with van der Waals surface area (Å²) in [5.74, 6) is 2.09. The van der Waals surface area contributed by atoms with Crippen LogP contribution < -0.4 is 0 Å². The van der Waals surface area contributed by atoms with E-state index < -0.39 is 18.8 Å². The van der Waals surface area contributed by atoms with E-state index in [1.54, 1.807) is 0 Å². The number of aliphatic hydroxyl groups excluding tert-OH is 3. The summed E-state index contributed by atoms with van der Waals surface area (Å²) in [6.07, 6.45) is 12.6. The fourth-order valence-corrected chi connectivity index (χ4v) is 4.84. The van der Waals surface area contributed by atoms with Gasteiger partial charge in [0.15, 0.2) is 0 Å². The minimum Gasteiger partial charge on any atom is -0.491 e. The van der Waals surface area contributed by atoms with Gasteiger partial charge in [0.05, 0.1) is 12.7 Å². The second-order valence-electron chi connectivity index (χ2n) is 7.99. The Kier molecular flexibility index (Phi) is 5.12. The van der Waals surface area contributed by atoms with Crippen molar-refractivity contribution in [1.82, 2.24) is 0 Å². The van der Waals surface area contributed by atoms with Gasteiger partial charge in [-0.1, -0.05) is 44.2 Å². The number of rotatable bonds is 5. The standard InChI is InChI=1S/C22H28O5/c1-12-15-8-7-14(26-11-19(25)18(24)10-23)9-17(15)13(2)22-21(12)16-5-3-4-6-20(16)27-22/h3-9,12-13,15,17-20,22-25H,10-11H2,1-2H3/t12?,13?,15?,17?,18-,19-,20?,22?/m1/s1. The molecule has 8 atom stereocenters. The van der Waals surface area contributed by atoms with Gasteiger partial charge < -0.3 is 24.8 Å². The van der Waals surface area contributed by atoms with Crippen molar-refractivity contribution in [3.05, 3.63) is 59.4 Å². The molecule has 0 aromatic rings. The maximum atomic E-state index is 9.79. The lowest BCUT2D eigenvalue weighted by Crippen LogP contribution is -2.42. The summed E-state index contributed by atoms with van der Waals surface area (Å²) < 4.78 is 12.1. The van der Waals surface area contributed by atoms with E-state index in [0.29, 0.717) is 29.4 Å². The topological polar surface area (TPSA) is 79.2 Å². The van der Waals surface area contributed by atoms with Gasteiger partial charge in [-0.25, -0.2) is 0 Å². The minimum atomic E-state index is -1.19. The molecule has 1 heterocycles. The molecule has 27 heavy (non-hydrogen) atoms. The molecule has 3 aliphatic carbocycles. The summed E-state index contributed by atoms with van der Waals surface area (Å²) in [7, 11) is 0. The highest BCUT2D eigenvalue weighted by Crippen LogP contribution is 2.51. The highest BCUT2D eigenvalue weighted by atomic mass is 16.5. The Morgan fingerprint density at radius 2 is 1.89 bits per heavy atom. The molecule has 0 spiro atoms. The summed E-state index contributed by atoms with van der Waals surface area (Å²) in [5.41, 5.74) is 2.75. The van der Waals surface area contributed by atoms with Crippen molar-refractivity contribution in [2.45, 2.75) is 38.3 Å². The van der Waals surface area contributed by atoms with E-state index >= 15 is 0 Å². The van der Waals surface area contributed by atoms with E-state index in [-0.39, 0.29) is 18.8 Å². The lowest BCUT2D eigenvalue weighted by molar-refractivity contribution is -0.0450. The van der Waals surface area contributed by atoms with Crippen LogP contribution in [-0.4, -0.2) is 52.9 Å². The predicted octanol–water partition coefficient (Wildman–Crippen LogP) is 1.88. The monoisotopic (exact) mass is 372 g/mol. The van der Waals surface area contributed by atoms with Crippen LogP contribution in [0.5, 0.6) is 0 Å². The van der Waals surface area contributed by atoms with E-state index in [2.05, 4.69) is 44.2 Å². The summed E-state index contributed by atoms with van der Waals surface area (Å²) in [5, 5.41) is 28.2. The molecule has 0 radical (unpaired) electrons.